The molecule has 0 bridgehead atoms. The molecule has 0 fully saturated rings. The van der Waals surface area contributed by atoms with Crippen LogP contribution in [0.3, 0.4) is 0 Å². The van der Waals surface area contributed by atoms with Crippen LogP contribution in [0, 0.1) is 24.5 Å². The third-order valence-electron chi connectivity index (χ3n) is 8.18. The fraction of sp³-hybridized carbons (Fsp3) is 0.529. The lowest BCUT2D eigenvalue weighted by Gasteiger charge is -2.42. The third kappa shape index (κ3) is 7.74. The number of alkyl halides is 1. The highest BCUT2D eigenvalue weighted by Crippen LogP contribution is 2.44. The van der Waals surface area contributed by atoms with Gasteiger partial charge in [0.2, 0.25) is 0 Å². The zero-order valence-corrected chi connectivity index (χ0v) is 27.1. The van der Waals surface area contributed by atoms with Gasteiger partial charge in [-0.05, 0) is 88.9 Å². The Hall–Kier alpha value is -3.73. The van der Waals surface area contributed by atoms with Crippen molar-refractivity contribution in [2.75, 3.05) is 40.0 Å². The number of carbonyl (C=O) groups is 2. The number of nitrogens with one attached hydrogen (secondary N) is 1. The van der Waals surface area contributed by atoms with Gasteiger partial charge in [0, 0.05) is 41.3 Å². The molecule has 0 spiro atoms. The van der Waals surface area contributed by atoms with Crippen LogP contribution in [0.1, 0.15) is 69.5 Å². The van der Waals surface area contributed by atoms with Crippen LogP contribution in [0.25, 0.3) is 10.9 Å². The molecule has 246 valence electrons. The number of rotatable bonds is 11. The predicted octanol–water partition coefficient (Wildman–Crippen LogP) is 6.88. The van der Waals surface area contributed by atoms with Crippen LogP contribution in [-0.4, -0.2) is 78.5 Å². The number of methoxy groups -OCH3 is 1. The molecule has 0 aliphatic carbocycles. The van der Waals surface area contributed by atoms with Crippen LogP contribution in [0.15, 0.2) is 30.3 Å². The highest BCUT2D eigenvalue weighted by molar-refractivity contribution is 5.85. The largest absolute Gasteiger partial charge is 0.491 e. The maximum atomic E-state index is 16.0. The zero-order valence-electron chi connectivity index (χ0n) is 27.1. The molecule has 2 aromatic carbocycles. The summed E-state index contributed by atoms with van der Waals surface area (Å²) in [5.41, 5.74) is 2.57. The minimum atomic E-state index is -0.712. The molecule has 11 heteroatoms. The molecular weight excluding hydrogens is 587 g/mol. The first kappa shape index (κ1) is 34.1. The van der Waals surface area contributed by atoms with Crippen LogP contribution in [0.2, 0.25) is 0 Å². The van der Waals surface area contributed by atoms with Gasteiger partial charge in [-0.1, -0.05) is 6.92 Å². The van der Waals surface area contributed by atoms with E-state index >= 15 is 4.39 Å². The van der Waals surface area contributed by atoms with Gasteiger partial charge in [-0.15, -0.1) is 0 Å². The van der Waals surface area contributed by atoms with Gasteiger partial charge in [-0.2, -0.15) is 0 Å². The summed E-state index contributed by atoms with van der Waals surface area (Å²) in [7, 11) is 1.34. The van der Waals surface area contributed by atoms with E-state index in [2.05, 4.69) is 9.88 Å². The SMILES string of the molecule is COC(=O)C(C)CN1[C@H](c2c(F)ccc(OCCN(CCCF)C(=O)OC(C)(C)C)c2C)c2[nH]c3ccc(F)cc3c2C[C@H]1C. The molecule has 0 saturated carbocycles. The van der Waals surface area contributed by atoms with Gasteiger partial charge in [-0.3, -0.25) is 14.1 Å². The van der Waals surface area contributed by atoms with E-state index in [4.69, 9.17) is 14.2 Å². The summed E-state index contributed by atoms with van der Waals surface area (Å²) in [6.07, 6.45) is 0.167. The minimum absolute atomic E-state index is 0.0680. The number of benzene rings is 2. The smallest absolute Gasteiger partial charge is 0.410 e. The van der Waals surface area contributed by atoms with Gasteiger partial charge >= 0.3 is 12.1 Å². The number of hydrogen-bond acceptors (Lipinski definition) is 6. The summed E-state index contributed by atoms with van der Waals surface area (Å²) in [5.74, 6) is -1.26. The molecule has 8 nitrogen and oxygen atoms in total. The van der Waals surface area contributed by atoms with Gasteiger partial charge in [0.05, 0.1) is 32.3 Å². The van der Waals surface area contributed by atoms with Gasteiger partial charge in [-0.25, -0.2) is 13.6 Å². The number of nitrogens with zero attached hydrogens (tertiary/aromatic N) is 2. The number of amides is 1. The Morgan fingerprint density at radius 2 is 1.89 bits per heavy atom. The quantitative estimate of drug-likeness (QED) is 0.233. The first-order valence-corrected chi connectivity index (χ1v) is 15.3. The van der Waals surface area contributed by atoms with E-state index in [1.807, 2.05) is 6.92 Å². The molecule has 0 saturated heterocycles. The second-order valence-corrected chi connectivity index (χ2v) is 12.7. The van der Waals surface area contributed by atoms with Crippen molar-refractivity contribution in [3.63, 3.8) is 0 Å². The molecule has 3 atom stereocenters. The highest BCUT2D eigenvalue weighted by Gasteiger charge is 2.39. The van der Waals surface area contributed by atoms with Crippen molar-refractivity contribution < 1.29 is 37.0 Å². The number of aromatic nitrogens is 1. The summed E-state index contributed by atoms with van der Waals surface area (Å²) in [4.78, 5) is 32.1. The summed E-state index contributed by atoms with van der Waals surface area (Å²) >= 11 is 0. The summed E-state index contributed by atoms with van der Waals surface area (Å²) < 4.78 is 59.9. The van der Waals surface area contributed by atoms with Gasteiger partial charge in [0.15, 0.2) is 0 Å². The minimum Gasteiger partial charge on any atom is -0.491 e. The normalized spacial score (nSPS) is 17.6. The number of H-pyrrole nitrogens is 1. The number of ether oxygens (including phenoxy) is 3. The molecule has 1 aromatic heterocycles. The Morgan fingerprint density at radius 3 is 2.56 bits per heavy atom. The lowest BCUT2D eigenvalue weighted by molar-refractivity contribution is -0.145. The molecule has 1 unspecified atom stereocenters. The van der Waals surface area contributed by atoms with Crippen molar-refractivity contribution in [2.24, 2.45) is 5.92 Å². The maximum absolute atomic E-state index is 16.0. The predicted molar refractivity (Wildman–Crippen MR) is 166 cm³/mol. The molecular formula is C34H44F3N3O5. The fourth-order valence-corrected chi connectivity index (χ4v) is 6.02. The topological polar surface area (TPSA) is 84.1 Å². The van der Waals surface area contributed by atoms with Crippen molar-refractivity contribution in [1.29, 1.82) is 0 Å². The average Bonchev–Trinajstić information content (AvgIpc) is 3.32. The van der Waals surface area contributed by atoms with Crippen LogP contribution in [-0.2, 0) is 20.7 Å². The number of esters is 1. The number of fused-ring (bicyclic) bond motifs is 3. The lowest BCUT2D eigenvalue weighted by Crippen LogP contribution is -2.46. The first-order valence-electron chi connectivity index (χ1n) is 15.3. The molecule has 4 rings (SSSR count). The van der Waals surface area contributed by atoms with Gasteiger partial charge < -0.3 is 24.1 Å². The summed E-state index contributed by atoms with van der Waals surface area (Å²) in [6, 6.07) is 6.67. The van der Waals surface area contributed by atoms with E-state index in [-0.39, 0.29) is 43.9 Å². The zero-order chi connectivity index (χ0) is 33.1. The maximum Gasteiger partial charge on any atom is 0.410 e. The molecule has 2 heterocycles. The summed E-state index contributed by atoms with van der Waals surface area (Å²) in [5, 5.41) is 0.739. The molecule has 45 heavy (non-hydrogen) atoms. The Kier molecular flexibility index (Phi) is 10.7. The second-order valence-electron chi connectivity index (χ2n) is 12.7. The fourth-order valence-electron chi connectivity index (χ4n) is 6.02. The molecule has 1 amide bonds. The third-order valence-corrected chi connectivity index (χ3v) is 8.18. The lowest BCUT2D eigenvalue weighted by atomic mass is 9.85. The molecule has 1 aliphatic heterocycles. The standard InChI is InChI=1S/C34H44F3N3O5/c1-20(32(41)43-7)19-40-21(2)17-25-24-18-23(36)9-11-27(24)38-30(25)31(40)29-22(3)28(12-10-26(29)37)44-16-15-39(14-8-13-35)33(42)45-34(4,5)6/h9-12,18,20-21,31,38H,8,13-17,19H2,1-7H3/t20?,21-,31-/m1/s1. The van der Waals surface area contributed by atoms with Crippen LogP contribution in [0.5, 0.6) is 5.75 Å². The van der Waals surface area contributed by atoms with E-state index in [0.717, 1.165) is 22.2 Å². The molecule has 3 aromatic rings. The summed E-state index contributed by atoms with van der Waals surface area (Å²) in [6.45, 7) is 10.9. The van der Waals surface area contributed by atoms with E-state index < -0.39 is 36.1 Å². The monoisotopic (exact) mass is 631 g/mol. The van der Waals surface area contributed by atoms with E-state index in [1.54, 1.807) is 46.8 Å². The van der Waals surface area contributed by atoms with Crippen molar-refractivity contribution >= 4 is 23.0 Å². The number of aromatic amines is 1. The Bertz CT molecular complexity index is 1520. The van der Waals surface area contributed by atoms with E-state index in [9.17, 15) is 18.4 Å². The molecule has 1 N–H and O–H groups in total. The number of hydrogen-bond donors (Lipinski definition) is 1. The van der Waals surface area contributed by atoms with Crippen LogP contribution >= 0.6 is 0 Å². The molecule has 0 radical (unpaired) electrons. The van der Waals surface area contributed by atoms with E-state index in [1.165, 1.54) is 30.2 Å². The van der Waals surface area contributed by atoms with E-state index in [0.29, 0.717) is 29.8 Å². The Labute approximate surface area is 262 Å². The van der Waals surface area contributed by atoms with Crippen LogP contribution in [0.4, 0.5) is 18.0 Å². The first-order chi connectivity index (χ1) is 21.2. The molecule has 1 aliphatic rings. The van der Waals surface area contributed by atoms with Crippen molar-refractivity contribution in [1.82, 2.24) is 14.8 Å². The second kappa shape index (κ2) is 14.1. The number of carbonyl (C=O) groups excluding carboxylic acids is 2. The van der Waals surface area contributed by atoms with Gasteiger partial charge in [0.1, 0.15) is 29.6 Å². The van der Waals surface area contributed by atoms with Gasteiger partial charge in [0.25, 0.3) is 0 Å². The van der Waals surface area contributed by atoms with Crippen LogP contribution < -0.4 is 4.74 Å². The van der Waals surface area contributed by atoms with Crippen molar-refractivity contribution in [2.45, 2.75) is 72.1 Å². The number of halogens is 3. The Morgan fingerprint density at radius 1 is 1.16 bits per heavy atom. The van der Waals surface area contributed by atoms with Crippen molar-refractivity contribution in [3.05, 3.63) is 64.4 Å². The highest BCUT2D eigenvalue weighted by atomic mass is 19.1. The average molecular weight is 632 g/mol. The van der Waals surface area contributed by atoms with Crippen molar-refractivity contribution in [3.8, 4) is 5.75 Å². The Balaban J connectivity index is 1.71.